The molecule has 0 bridgehead atoms. The summed E-state index contributed by atoms with van der Waals surface area (Å²) in [4.78, 5) is 0. The van der Waals surface area contributed by atoms with Crippen LogP contribution in [0.2, 0.25) is 0 Å². The first-order valence-corrected chi connectivity index (χ1v) is 6.45. The van der Waals surface area contributed by atoms with Crippen molar-refractivity contribution in [1.82, 2.24) is 5.16 Å². The van der Waals surface area contributed by atoms with Crippen LogP contribution in [0.25, 0.3) is 11.3 Å². The first-order valence-electron chi connectivity index (χ1n) is 4.58. The molecule has 3 nitrogen and oxygen atoms in total. The highest BCUT2D eigenvalue weighted by atomic mass is 127. The minimum atomic E-state index is -4.44. The van der Waals surface area contributed by atoms with Crippen molar-refractivity contribution < 1.29 is 17.7 Å². The van der Waals surface area contributed by atoms with E-state index < -0.39 is 11.7 Å². The summed E-state index contributed by atoms with van der Waals surface area (Å²) in [6.45, 7) is 0. The first kappa shape index (κ1) is 13.7. The molecule has 0 fully saturated rings. The molecule has 18 heavy (non-hydrogen) atoms. The minimum absolute atomic E-state index is 0.0266. The van der Waals surface area contributed by atoms with Gasteiger partial charge in [-0.1, -0.05) is 21.1 Å². The summed E-state index contributed by atoms with van der Waals surface area (Å²) in [6.07, 6.45) is -4.44. The Bertz CT molecular complexity index is 597. The van der Waals surface area contributed by atoms with Crippen molar-refractivity contribution in [3.8, 4) is 11.3 Å². The number of rotatable bonds is 1. The van der Waals surface area contributed by atoms with Crippen molar-refractivity contribution >= 4 is 44.3 Å². The Morgan fingerprint density at radius 3 is 2.50 bits per heavy atom. The van der Waals surface area contributed by atoms with Crippen LogP contribution in [0.1, 0.15) is 5.56 Å². The van der Waals surface area contributed by atoms with Crippen molar-refractivity contribution in [3.63, 3.8) is 0 Å². The fourth-order valence-corrected chi connectivity index (χ4v) is 2.33. The smallest absolute Gasteiger partial charge is 0.380 e. The maximum atomic E-state index is 12.7. The highest BCUT2D eigenvalue weighted by Gasteiger charge is 2.33. The summed E-state index contributed by atoms with van der Waals surface area (Å²) in [5.41, 5.74) is 4.99. The molecule has 96 valence electrons. The monoisotopic (exact) mass is 432 g/mol. The average Bonchev–Trinajstić information content (AvgIpc) is 2.59. The van der Waals surface area contributed by atoms with E-state index in [0.29, 0.717) is 3.57 Å². The topological polar surface area (TPSA) is 52.0 Å². The number of nitrogens with zero attached hydrogens (tertiary/aromatic N) is 1. The van der Waals surface area contributed by atoms with Gasteiger partial charge >= 0.3 is 6.18 Å². The zero-order valence-corrected chi connectivity index (χ0v) is 12.3. The maximum absolute atomic E-state index is 12.7. The summed E-state index contributed by atoms with van der Waals surface area (Å²) in [7, 11) is 0. The van der Waals surface area contributed by atoms with Gasteiger partial charge in [0, 0.05) is 10.0 Å². The largest absolute Gasteiger partial charge is 0.417 e. The number of aromatic nitrogens is 1. The molecule has 2 rings (SSSR count). The van der Waals surface area contributed by atoms with E-state index in [1.807, 2.05) is 22.6 Å². The number of alkyl halides is 3. The molecule has 2 N–H and O–H groups in total. The Morgan fingerprint density at radius 2 is 2.00 bits per heavy atom. The molecular formula is C10H5BrF3IN2O. The Labute approximate surface area is 122 Å². The van der Waals surface area contributed by atoms with Gasteiger partial charge in [-0.05, 0) is 40.8 Å². The van der Waals surface area contributed by atoms with Crippen LogP contribution >= 0.6 is 38.5 Å². The van der Waals surface area contributed by atoms with E-state index in [4.69, 9.17) is 10.3 Å². The van der Waals surface area contributed by atoms with Gasteiger partial charge in [-0.2, -0.15) is 13.2 Å². The van der Waals surface area contributed by atoms with E-state index in [1.165, 1.54) is 12.1 Å². The Morgan fingerprint density at radius 1 is 1.33 bits per heavy atom. The van der Waals surface area contributed by atoms with E-state index in [1.54, 1.807) is 0 Å². The van der Waals surface area contributed by atoms with Gasteiger partial charge in [-0.15, -0.1) is 0 Å². The third-order valence-electron chi connectivity index (χ3n) is 2.19. The highest BCUT2D eigenvalue weighted by molar-refractivity contribution is 14.1. The lowest BCUT2D eigenvalue weighted by Gasteiger charge is -2.10. The molecule has 1 aromatic carbocycles. The normalized spacial score (nSPS) is 11.8. The zero-order chi connectivity index (χ0) is 13.5. The number of nitrogen functional groups attached to an aromatic ring is 1. The summed E-state index contributed by atoms with van der Waals surface area (Å²) in [5.74, 6) is 0.383. The van der Waals surface area contributed by atoms with Gasteiger partial charge in [0.2, 0.25) is 0 Å². The number of benzene rings is 1. The van der Waals surface area contributed by atoms with E-state index in [2.05, 4.69) is 21.1 Å². The van der Waals surface area contributed by atoms with Gasteiger partial charge in [0.25, 0.3) is 0 Å². The lowest BCUT2D eigenvalue weighted by atomic mass is 10.1. The highest BCUT2D eigenvalue weighted by Crippen LogP contribution is 2.38. The van der Waals surface area contributed by atoms with E-state index in [0.717, 1.165) is 6.07 Å². The molecule has 0 saturated carbocycles. The predicted molar refractivity (Wildman–Crippen MR) is 71.8 cm³/mol. The lowest BCUT2D eigenvalue weighted by Crippen LogP contribution is -2.06. The molecule has 0 saturated heterocycles. The molecule has 8 heteroatoms. The van der Waals surface area contributed by atoms with Gasteiger partial charge in [-0.3, -0.25) is 0 Å². The van der Waals surface area contributed by atoms with Crippen LogP contribution in [0.15, 0.2) is 27.2 Å². The van der Waals surface area contributed by atoms with Crippen LogP contribution in [-0.4, -0.2) is 5.16 Å². The lowest BCUT2D eigenvalue weighted by molar-refractivity contribution is -0.138. The van der Waals surface area contributed by atoms with Gasteiger partial charge in [-0.25, -0.2) is 0 Å². The second-order valence-corrected chi connectivity index (χ2v) is 5.34. The predicted octanol–water partition coefficient (Wildman–Crippen LogP) is 4.31. The van der Waals surface area contributed by atoms with E-state index in [9.17, 15) is 13.2 Å². The standard InChI is InChI=1S/C10H5BrF3IN2O/c11-6-2-1-4(3-5(6)10(12,13)14)8-7(15)9(16)17-18-8/h1-3H,(H2,16,17). The van der Waals surface area contributed by atoms with Crippen LogP contribution in [-0.2, 0) is 6.18 Å². The van der Waals surface area contributed by atoms with Crippen LogP contribution in [0.3, 0.4) is 0 Å². The fourth-order valence-electron chi connectivity index (χ4n) is 1.35. The number of anilines is 1. The van der Waals surface area contributed by atoms with Crippen molar-refractivity contribution in [2.45, 2.75) is 6.18 Å². The van der Waals surface area contributed by atoms with E-state index in [-0.39, 0.29) is 21.6 Å². The summed E-state index contributed by atoms with van der Waals surface area (Å²) < 4.78 is 43.6. The number of nitrogens with two attached hydrogens (primary N) is 1. The molecule has 0 spiro atoms. The molecule has 2 aromatic rings. The van der Waals surface area contributed by atoms with Crippen molar-refractivity contribution in [2.75, 3.05) is 5.73 Å². The molecule has 1 heterocycles. The molecule has 0 atom stereocenters. The molecule has 1 aromatic heterocycles. The van der Waals surface area contributed by atoms with E-state index >= 15 is 0 Å². The third-order valence-corrected chi connectivity index (χ3v) is 3.93. The molecule has 0 aliphatic rings. The third kappa shape index (κ3) is 2.48. The van der Waals surface area contributed by atoms with Crippen LogP contribution in [0, 0.1) is 3.57 Å². The number of halogens is 5. The maximum Gasteiger partial charge on any atom is 0.417 e. The summed E-state index contributed by atoms with van der Waals surface area (Å²) in [5, 5.41) is 3.51. The van der Waals surface area contributed by atoms with Crippen LogP contribution in [0.4, 0.5) is 19.0 Å². The SMILES string of the molecule is Nc1noc(-c2ccc(Br)c(C(F)(F)F)c2)c1I. The summed E-state index contributed by atoms with van der Waals surface area (Å²) >= 11 is 4.74. The second-order valence-electron chi connectivity index (χ2n) is 3.40. The first-order chi connectivity index (χ1) is 8.30. The van der Waals surface area contributed by atoms with Crippen LogP contribution in [0.5, 0.6) is 0 Å². The molecule has 0 unspecified atom stereocenters. The molecule has 0 aliphatic carbocycles. The second kappa shape index (κ2) is 4.72. The van der Waals surface area contributed by atoms with Crippen molar-refractivity contribution in [2.24, 2.45) is 0 Å². The van der Waals surface area contributed by atoms with Gasteiger partial charge < -0.3 is 10.3 Å². The zero-order valence-electron chi connectivity index (χ0n) is 8.55. The Kier molecular flexibility index (Phi) is 3.58. The van der Waals surface area contributed by atoms with Gasteiger partial charge in [0.1, 0.15) is 3.57 Å². The fraction of sp³-hybridized carbons (Fsp3) is 0.100. The summed E-state index contributed by atoms with van der Waals surface area (Å²) in [6, 6.07) is 3.81. The Hall–Kier alpha value is -0.770. The van der Waals surface area contributed by atoms with Gasteiger partial charge in [0.05, 0.1) is 5.56 Å². The van der Waals surface area contributed by atoms with Crippen molar-refractivity contribution in [3.05, 3.63) is 31.8 Å². The molecular weight excluding hydrogens is 428 g/mol. The van der Waals surface area contributed by atoms with Crippen molar-refractivity contribution in [1.29, 1.82) is 0 Å². The molecule has 0 radical (unpaired) electrons. The number of hydrogen-bond donors (Lipinski definition) is 1. The average molecular weight is 433 g/mol. The van der Waals surface area contributed by atoms with Gasteiger partial charge in [0.15, 0.2) is 11.6 Å². The quantitative estimate of drug-likeness (QED) is 0.683. The molecule has 0 aliphatic heterocycles. The Balaban J connectivity index is 2.58. The molecule has 0 amide bonds. The number of hydrogen-bond acceptors (Lipinski definition) is 3. The minimum Gasteiger partial charge on any atom is -0.380 e. The van der Waals surface area contributed by atoms with Crippen LogP contribution < -0.4 is 5.73 Å².